The monoisotopic (exact) mass is 488 g/mol. The molecule has 2 aliphatic carbocycles. The third-order valence-corrected chi connectivity index (χ3v) is 15.7. The van der Waals surface area contributed by atoms with Gasteiger partial charge in [0, 0.05) is 0 Å². The van der Waals surface area contributed by atoms with Crippen LogP contribution >= 0.6 is 0 Å². The summed E-state index contributed by atoms with van der Waals surface area (Å²) < 4.78 is 4.30. The number of benzene rings is 2. The van der Waals surface area contributed by atoms with E-state index in [9.17, 15) is 0 Å². The molecule has 2 aliphatic rings. The van der Waals surface area contributed by atoms with Crippen molar-refractivity contribution in [2.24, 2.45) is 11.8 Å². The average molecular weight is 491 g/mol. The fraction of sp³-hybridized carbons (Fsp3) is 0.320. The van der Waals surface area contributed by atoms with Gasteiger partial charge in [0.1, 0.15) is 0 Å². The molecule has 0 aromatic heterocycles. The molecule has 146 valence electrons. The number of hydrogen-bond donors (Lipinski definition) is 0. The second-order valence-electron chi connectivity index (χ2n) is 8.11. The summed E-state index contributed by atoms with van der Waals surface area (Å²) in [6.45, 7) is 9.69. The van der Waals surface area contributed by atoms with Gasteiger partial charge < -0.3 is 24.8 Å². The molecule has 0 unspecified atom stereocenters. The molecule has 4 rings (SSSR count). The minimum Gasteiger partial charge on any atom is -1.00 e. The number of halogens is 2. The van der Waals surface area contributed by atoms with Crippen LogP contribution in [0.3, 0.4) is 0 Å². The molecule has 0 nitrogen and oxygen atoms in total. The van der Waals surface area contributed by atoms with E-state index in [-0.39, 0.29) is 24.8 Å². The van der Waals surface area contributed by atoms with Crippen molar-refractivity contribution in [1.29, 1.82) is 0 Å². The van der Waals surface area contributed by atoms with E-state index in [2.05, 4.69) is 94.5 Å². The Morgan fingerprint density at radius 1 is 0.821 bits per heavy atom. The van der Waals surface area contributed by atoms with Crippen LogP contribution in [-0.4, -0.2) is 3.21 Å². The molecular weight excluding hydrogens is 462 g/mol. The van der Waals surface area contributed by atoms with Gasteiger partial charge >= 0.3 is 166 Å². The molecule has 2 aromatic rings. The molecule has 3 heteroatoms. The van der Waals surface area contributed by atoms with E-state index < -0.39 is 21.3 Å². The zero-order valence-corrected chi connectivity index (χ0v) is 21.0. The summed E-state index contributed by atoms with van der Waals surface area (Å²) in [5, 5.41) is 0. The van der Waals surface area contributed by atoms with Crippen molar-refractivity contribution in [3.8, 4) is 11.1 Å². The zero-order valence-electron chi connectivity index (χ0n) is 17.0. The predicted octanol–water partition coefficient (Wildman–Crippen LogP) is 0.711. The molecule has 0 spiro atoms. The summed E-state index contributed by atoms with van der Waals surface area (Å²) in [5.41, 5.74) is 6.14. The standard InChI is InChI=1S/C13H9.C7H14.C5H5.2ClH.Zr/c1-3-7-12-10(5-1)9-11-6-2-4-8-13(11)12;1-6(2)5-7(3)4;1-2-4-5-3-1;;;/h1-9H;6-7H,1-4H3;1-3H,4H2;2*1H;/q;;;;;+2/p-2. The maximum atomic E-state index is 2.46. The molecule has 0 saturated heterocycles. The molecule has 0 heterocycles. The van der Waals surface area contributed by atoms with Crippen LogP contribution in [0.5, 0.6) is 0 Å². The molecule has 0 radical (unpaired) electrons. The topological polar surface area (TPSA) is 0 Å². The quantitative estimate of drug-likeness (QED) is 0.593. The normalized spacial score (nSPS) is 14.0. The molecule has 0 amide bonds. The van der Waals surface area contributed by atoms with Crippen molar-refractivity contribution < 1.29 is 46.1 Å². The summed E-state index contributed by atoms with van der Waals surface area (Å²) in [5.74, 6) is 1.34. The van der Waals surface area contributed by atoms with Gasteiger partial charge in [0.25, 0.3) is 0 Å². The van der Waals surface area contributed by atoms with Gasteiger partial charge in [-0.2, -0.15) is 0 Å². The molecular formula is C25H28Cl2Zr. The second-order valence-corrected chi connectivity index (χ2v) is 14.6. The summed E-state index contributed by atoms with van der Waals surface area (Å²) >= 11 is -2.08. The minimum atomic E-state index is -2.08. The van der Waals surface area contributed by atoms with Crippen molar-refractivity contribution in [1.82, 2.24) is 0 Å². The van der Waals surface area contributed by atoms with Crippen LogP contribution in [0, 0.1) is 11.8 Å². The van der Waals surface area contributed by atoms with Crippen molar-refractivity contribution in [2.45, 2.75) is 37.7 Å². The first-order valence-corrected chi connectivity index (χ1v) is 13.8. The SMILES string of the molecule is CC(C)[C](C(C)C)=[Zr+2]([C]1=CC=CC1)[CH]1c2ccccc2-c2ccccc21.[Cl-].[Cl-]. The summed E-state index contributed by atoms with van der Waals surface area (Å²) in [7, 11) is 0. The molecule has 28 heavy (non-hydrogen) atoms. The van der Waals surface area contributed by atoms with E-state index in [0.717, 1.165) is 0 Å². The number of allylic oxidation sites excluding steroid dienone is 4. The van der Waals surface area contributed by atoms with E-state index in [1.807, 2.05) is 3.21 Å². The smallest absolute Gasteiger partial charge is 1.00 e. The Morgan fingerprint density at radius 3 is 1.75 bits per heavy atom. The van der Waals surface area contributed by atoms with Crippen LogP contribution in [0.1, 0.15) is 48.9 Å². The number of hydrogen-bond acceptors (Lipinski definition) is 0. The third kappa shape index (κ3) is 4.09. The minimum absolute atomic E-state index is 0. The molecule has 0 N–H and O–H groups in total. The number of fused-ring (bicyclic) bond motifs is 3. The first kappa shape index (κ1) is 23.5. The van der Waals surface area contributed by atoms with E-state index in [1.54, 1.807) is 14.4 Å². The van der Waals surface area contributed by atoms with Crippen LogP contribution in [0.25, 0.3) is 11.1 Å². The third-order valence-electron chi connectivity index (χ3n) is 5.79. The Bertz CT molecular complexity index is 880. The van der Waals surface area contributed by atoms with Crippen molar-refractivity contribution in [3.05, 3.63) is 81.2 Å². The van der Waals surface area contributed by atoms with Crippen LogP contribution in [-0.2, 0) is 21.3 Å². The predicted molar refractivity (Wildman–Crippen MR) is 110 cm³/mol. The van der Waals surface area contributed by atoms with Gasteiger partial charge in [-0.05, 0) is 0 Å². The van der Waals surface area contributed by atoms with E-state index in [1.165, 1.54) is 17.5 Å². The average Bonchev–Trinajstić information content (AvgIpc) is 3.26. The van der Waals surface area contributed by atoms with Gasteiger partial charge in [-0.3, -0.25) is 0 Å². The maximum Gasteiger partial charge on any atom is -1.00 e. The molecule has 0 saturated carbocycles. The fourth-order valence-electron chi connectivity index (χ4n) is 4.94. The van der Waals surface area contributed by atoms with Crippen molar-refractivity contribution >= 4 is 3.21 Å². The van der Waals surface area contributed by atoms with Gasteiger partial charge in [-0.1, -0.05) is 0 Å². The second kappa shape index (κ2) is 9.84. The maximum absolute atomic E-state index is 2.46. The van der Waals surface area contributed by atoms with Gasteiger partial charge in [-0.15, -0.1) is 0 Å². The first-order chi connectivity index (χ1) is 12.6. The Balaban J connectivity index is 0.00000140. The summed E-state index contributed by atoms with van der Waals surface area (Å²) in [4.78, 5) is 0. The molecule has 0 aliphatic heterocycles. The summed E-state index contributed by atoms with van der Waals surface area (Å²) in [6.07, 6.45) is 8.30. The molecule has 0 bridgehead atoms. The van der Waals surface area contributed by atoms with Crippen LogP contribution in [0.2, 0.25) is 0 Å². The van der Waals surface area contributed by atoms with E-state index in [0.29, 0.717) is 15.5 Å². The van der Waals surface area contributed by atoms with E-state index >= 15 is 0 Å². The Labute approximate surface area is 190 Å². The van der Waals surface area contributed by atoms with Crippen molar-refractivity contribution in [3.63, 3.8) is 0 Å². The molecule has 0 atom stereocenters. The van der Waals surface area contributed by atoms with Gasteiger partial charge in [-0.25, -0.2) is 0 Å². The Hall–Kier alpha value is -0.747. The van der Waals surface area contributed by atoms with Gasteiger partial charge in [0.05, 0.1) is 0 Å². The molecule has 0 fully saturated rings. The van der Waals surface area contributed by atoms with Crippen LogP contribution < -0.4 is 24.8 Å². The van der Waals surface area contributed by atoms with Crippen LogP contribution in [0.15, 0.2) is 70.0 Å². The van der Waals surface area contributed by atoms with E-state index in [4.69, 9.17) is 0 Å². The molecule has 2 aromatic carbocycles. The Morgan fingerprint density at radius 2 is 1.32 bits per heavy atom. The van der Waals surface area contributed by atoms with Gasteiger partial charge in [0.15, 0.2) is 0 Å². The first-order valence-electron chi connectivity index (χ1n) is 9.87. The summed E-state index contributed by atoms with van der Waals surface area (Å²) in [6, 6.07) is 18.4. The van der Waals surface area contributed by atoms with Crippen molar-refractivity contribution in [2.75, 3.05) is 0 Å². The Kier molecular flexibility index (Phi) is 8.27. The largest absolute Gasteiger partial charge is 1.00 e. The zero-order chi connectivity index (χ0) is 18.3. The fourth-order valence-corrected chi connectivity index (χ4v) is 14.9. The van der Waals surface area contributed by atoms with Gasteiger partial charge in [0.2, 0.25) is 0 Å². The number of rotatable bonds is 4. The van der Waals surface area contributed by atoms with Crippen LogP contribution in [0.4, 0.5) is 0 Å².